The summed E-state index contributed by atoms with van der Waals surface area (Å²) < 4.78 is 0. The molecule has 0 bridgehead atoms. The molecular formula is C15H25N3. The van der Waals surface area contributed by atoms with E-state index in [9.17, 15) is 0 Å². The van der Waals surface area contributed by atoms with Gasteiger partial charge in [0.05, 0.1) is 0 Å². The van der Waals surface area contributed by atoms with Gasteiger partial charge in [0.15, 0.2) is 0 Å². The number of rotatable bonds is 7. The predicted octanol–water partition coefficient (Wildman–Crippen LogP) is 2.60. The zero-order valence-corrected chi connectivity index (χ0v) is 11.9. The second kappa shape index (κ2) is 6.19. The molecule has 0 radical (unpaired) electrons. The van der Waals surface area contributed by atoms with E-state index < -0.39 is 0 Å². The Morgan fingerprint density at radius 2 is 2.11 bits per heavy atom. The van der Waals surface area contributed by atoms with Gasteiger partial charge in [-0.1, -0.05) is 6.92 Å². The SMILES string of the molecule is CCc1cc(CNC)cc(N(CC)CC2CC2)n1. The summed E-state index contributed by atoms with van der Waals surface area (Å²) in [6.45, 7) is 7.54. The molecule has 100 valence electrons. The smallest absolute Gasteiger partial charge is 0.129 e. The number of nitrogens with zero attached hydrogens (tertiary/aromatic N) is 2. The normalized spacial score (nSPS) is 14.8. The molecule has 0 saturated heterocycles. The van der Waals surface area contributed by atoms with Crippen molar-refractivity contribution in [3.05, 3.63) is 23.4 Å². The fourth-order valence-corrected chi connectivity index (χ4v) is 2.28. The van der Waals surface area contributed by atoms with E-state index in [-0.39, 0.29) is 0 Å². The molecule has 1 saturated carbocycles. The lowest BCUT2D eigenvalue weighted by molar-refractivity contribution is 0.726. The minimum atomic E-state index is 0.907. The molecule has 1 N–H and O–H groups in total. The number of aromatic nitrogens is 1. The standard InChI is InChI=1S/C15H25N3/c1-4-14-8-13(10-16-3)9-15(17-14)18(5-2)11-12-6-7-12/h8-9,12,16H,4-7,10-11H2,1-3H3. The highest BCUT2D eigenvalue weighted by Crippen LogP contribution is 2.31. The third-order valence-corrected chi connectivity index (χ3v) is 3.55. The van der Waals surface area contributed by atoms with Crippen molar-refractivity contribution in [2.75, 3.05) is 25.0 Å². The van der Waals surface area contributed by atoms with Crippen LogP contribution in [0.25, 0.3) is 0 Å². The molecule has 1 fully saturated rings. The van der Waals surface area contributed by atoms with Crippen LogP contribution in [0.1, 0.15) is 37.9 Å². The van der Waals surface area contributed by atoms with Crippen LogP contribution >= 0.6 is 0 Å². The van der Waals surface area contributed by atoms with Crippen molar-refractivity contribution >= 4 is 5.82 Å². The van der Waals surface area contributed by atoms with E-state index in [2.05, 4.69) is 36.2 Å². The molecule has 0 aromatic carbocycles. The van der Waals surface area contributed by atoms with Crippen LogP contribution in [0.2, 0.25) is 0 Å². The average Bonchev–Trinajstić information content (AvgIpc) is 3.19. The highest BCUT2D eigenvalue weighted by atomic mass is 15.2. The molecule has 1 aromatic rings. The summed E-state index contributed by atoms with van der Waals surface area (Å²) in [5.41, 5.74) is 2.54. The maximum Gasteiger partial charge on any atom is 0.129 e. The fourth-order valence-electron chi connectivity index (χ4n) is 2.28. The van der Waals surface area contributed by atoms with E-state index in [1.54, 1.807) is 0 Å². The van der Waals surface area contributed by atoms with Crippen molar-refractivity contribution in [2.45, 2.75) is 39.7 Å². The Labute approximate surface area is 111 Å². The number of hydrogen-bond donors (Lipinski definition) is 1. The van der Waals surface area contributed by atoms with Crippen LogP contribution in [0, 0.1) is 5.92 Å². The lowest BCUT2D eigenvalue weighted by Crippen LogP contribution is -2.26. The minimum Gasteiger partial charge on any atom is -0.357 e. The van der Waals surface area contributed by atoms with Gasteiger partial charge in [0.2, 0.25) is 0 Å². The molecule has 0 spiro atoms. The molecule has 0 unspecified atom stereocenters. The highest BCUT2D eigenvalue weighted by molar-refractivity contribution is 5.43. The number of anilines is 1. The molecule has 0 aliphatic heterocycles. The summed E-state index contributed by atoms with van der Waals surface area (Å²) in [7, 11) is 1.99. The summed E-state index contributed by atoms with van der Waals surface area (Å²) >= 11 is 0. The van der Waals surface area contributed by atoms with Crippen molar-refractivity contribution < 1.29 is 0 Å². The molecule has 18 heavy (non-hydrogen) atoms. The van der Waals surface area contributed by atoms with Crippen molar-refractivity contribution in [1.29, 1.82) is 0 Å². The molecule has 1 aliphatic carbocycles. The van der Waals surface area contributed by atoms with Gasteiger partial charge in [0.25, 0.3) is 0 Å². The Morgan fingerprint density at radius 3 is 2.67 bits per heavy atom. The van der Waals surface area contributed by atoms with Crippen molar-refractivity contribution in [1.82, 2.24) is 10.3 Å². The number of pyridine rings is 1. The zero-order valence-electron chi connectivity index (χ0n) is 11.9. The van der Waals surface area contributed by atoms with Crippen LogP contribution in [0.4, 0.5) is 5.82 Å². The van der Waals surface area contributed by atoms with Crippen LogP contribution in [-0.2, 0) is 13.0 Å². The van der Waals surface area contributed by atoms with Crippen LogP contribution in [0.15, 0.2) is 12.1 Å². The third-order valence-electron chi connectivity index (χ3n) is 3.55. The topological polar surface area (TPSA) is 28.2 Å². The van der Waals surface area contributed by atoms with Gasteiger partial charge >= 0.3 is 0 Å². The average molecular weight is 247 g/mol. The molecule has 3 nitrogen and oxygen atoms in total. The van der Waals surface area contributed by atoms with E-state index in [1.807, 2.05) is 7.05 Å². The predicted molar refractivity (Wildman–Crippen MR) is 77.0 cm³/mol. The van der Waals surface area contributed by atoms with Crippen molar-refractivity contribution in [3.8, 4) is 0 Å². The zero-order chi connectivity index (χ0) is 13.0. The molecule has 0 atom stereocenters. The summed E-state index contributed by atoms with van der Waals surface area (Å²) in [6.07, 6.45) is 3.80. The van der Waals surface area contributed by atoms with Gasteiger partial charge in [-0.2, -0.15) is 0 Å². The number of hydrogen-bond acceptors (Lipinski definition) is 3. The maximum atomic E-state index is 4.78. The highest BCUT2D eigenvalue weighted by Gasteiger charge is 2.24. The van der Waals surface area contributed by atoms with Gasteiger partial charge in [-0.3, -0.25) is 0 Å². The molecule has 1 aromatic heterocycles. The minimum absolute atomic E-state index is 0.907. The Balaban J connectivity index is 2.19. The molecule has 0 amide bonds. The lowest BCUT2D eigenvalue weighted by Gasteiger charge is -2.23. The van der Waals surface area contributed by atoms with E-state index in [1.165, 1.54) is 30.6 Å². The van der Waals surface area contributed by atoms with Gasteiger partial charge in [0.1, 0.15) is 5.82 Å². The van der Waals surface area contributed by atoms with E-state index >= 15 is 0 Å². The van der Waals surface area contributed by atoms with Crippen LogP contribution in [0.3, 0.4) is 0 Å². The Morgan fingerprint density at radius 1 is 1.33 bits per heavy atom. The molecule has 1 heterocycles. The summed E-state index contributed by atoms with van der Waals surface area (Å²) in [5.74, 6) is 2.07. The van der Waals surface area contributed by atoms with Gasteiger partial charge in [-0.15, -0.1) is 0 Å². The van der Waals surface area contributed by atoms with E-state index in [0.29, 0.717) is 0 Å². The lowest BCUT2D eigenvalue weighted by atomic mass is 10.2. The van der Waals surface area contributed by atoms with Crippen LogP contribution in [0.5, 0.6) is 0 Å². The number of nitrogens with one attached hydrogen (secondary N) is 1. The number of aryl methyl sites for hydroxylation is 1. The molecular weight excluding hydrogens is 222 g/mol. The van der Waals surface area contributed by atoms with Crippen molar-refractivity contribution in [2.24, 2.45) is 5.92 Å². The molecule has 1 aliphatic rings. The van der Waals surface area contributed by atoms with E-state index in [4.69, 9.17) is 4.98 Å². The first-order valence-corrected chi connectivity index (χ1v) is 7.16. The first-order chi connectivity index (χ1) is 8.76. The molecule has 2 rings (SSSR count). The second-order valence-electron chi connectivity index (χ2n) is 5.19. The summed E-state index contributed by atoms with van der Waals surface area (Å²) in [5, 5.41) is 3.23. The largest absolute Gasteiger partial charge is 0.357 e. The van der Waals surface area contributed by atoms with Crippen LogP contribution in [-0.4, -0.2) is 25.1 Å². The molecule has 3 heteroatoms. The second-order valence-corrected chi connectivity index (χ2v) is 5.19. The monoisotopic (exact) mass is 247 g/mol. The van der Waals surface area contributed by atoms with Crippen LogP contribution < -0.4 is 10.2 Å². The Hall–Kier alpha value is -1.09. The quantitative estimate of drug-likeness (QED) is 0.803. The third kappa shape index (κ3) is 3.45. The Kier molecular flexibility index (Phi) is 4.59. The Bertz CT molecular complexity index is 385. The first kappa shape index (κ1) is 13.3. The van der Waals surface area contributed by atoms with Gasteiger partial charge in [0, 0.05) is 25.3 Å². The summed E-state index contributed by atoms with van der Waals surface area (Å²) in [4.78, 5) is 7.21. The summed E-state index contributed by atoms with van der Waals surface area (Å²) in [6, 6.07) is 4.45. The van der Waals surface area contributed by atoms with Gasteiger partial charge < -0.3 is 10.2 Å². The van der Waals surface area contributed by atoms with Gasteiger partial charge in [-0.25, -0.2) is 4.98 Å². The van der Waals surface area contributed by atoms with Gasteiger partial charge in [-0.05, 0) is 56.8 Å². The fraction of sp³-hybridized carbons (Fsp3) is 0.667. The van der Waals surface area contributed by atoms with E-state index in [0.717, 1.165) is 31.2 Å². The first-order valence-electron chi connectivity index (χ1n) is 7.16. The maximum absolute atomic E-state index is 4.78. The van der Waals surface area contributed by atoms with Crippen molar-refractivity contribution in [3.63, 3.8) is 0 Å².